The molecular weight excluding hydrogens is 350 g/mol. The van der Waals surface area contributed by atoms with Gasteiger partial charge in [-0.1, -0.05) is 24.3 Å². The molecule has 0 saturated carbocycles. The van der Waals surface area contributed by atoms with Gasteiger partial charge in [0.1, 0.15) is 12.4 Å². The molecule has 2 aromatic carbocycles. The second-order valence-corrected chi connectivity index (χ2v) is 5.90. The molecule has 0 saturated heterocycles. The van der Waals surface area contributed by atoms with E-state index in [1.807, 2.05) is 12.1 Å². The lowest BCUT2D eigenvalue weighted by Gasteiger charge is -2.28. The minimum absolute atomic E-state index is 0.0431. The summed E-state index contributed by atoms with van der Waals surface area (Å²) in [5.41, 5.74) is 1.83. The fourth-order valence-electron chi connectivity index (χ4n) is 2.69. The molecule has 1 heterocycles. The van der Waals surface area contributed by atoms with E-state index in [0.717, 1.165) is 5.56 Å². The zero-order valence-corrected chi connectivity index (χ0v) is 14.8. The lowest BCUT2D eigenvalue weighted by atomic mass is 10.1. The van der Waals surface area contributed by atoms with Crippen LogP contribution >= 0.6 is 0 Å². The van der Waals surface area contributed by atoms with Gasteiger partial charge < -0.3 is 19.1 Å². The van der Waals surface area contributed by atoms with Gasteiger partial charge in [-0.15, -0.1) is 0 Å². The SMILES string of the molecule is COC(=O)c1ccc(COC(=O)CCN2C(=O)COc3ccccc32)cc1. The van der Waals surface area contributed by atoms with E-state index in [2.05, 4.69) is 4.74 Å². The second-order valence-electron chi connectivity index (χ2n) is 5.90. The van der Waals surface area contributed by atoms with Crippen LogP contribution in [-0.2, 0) is 25.7 Å². The Bertz CT molecular complexity index is 846. The van der Waals surface area contributed by atoms with Crippen LogP contribution in [0.4, 0.5) is 5.69 Å². The van der Waals surface area contributed by atoms with Crippen molar-refractivity contribution >= 4 is 23.5 Å². The van der Waals surface area contributed by atoms with Crippen molar-refractivity contribution in [3.8, 4) is 5.75 Å². The first-order valence-corrected chi connectivity index (χ1v) is 8.43. The first-order chi connectivity index (χ1) is 13.1. The Morgan fingerprint density at radius 2 is 1.85 bits per heavy atom. The first kappa shape index (κ1) is 18.4. The van der Waals surface area contributed by atoms with Crippen molar-refractivity contribution < 1.29 is 28.6 Å². The highest BCUT2D eigenvalue weighted by molar-refractivity contribution is 5.98. The zero-order valence-electron chi connectivity index (χ0n) is 14.8. The van der Waals surface area contributed by atoms with E-state index in [0.29, 0.717) is 17.0 Å². The van der Waals surface area contributed by atoms with E-state index in [9.17, 15) is 14.4 Å². The van der Waals surface area contributed by atoms with Crippen LogP contribution in [0.2, 0.25) is 0 Å². The maximum atomic E-state index is 12.1. The monoisotopic (exact) mass is 369 g/mol. The van der Waals surface area contributed by atoms with Crippen molar-refractivity contribution in [2.24, 2.45) is 0 Å². The van der Waals surface area contributed by atoms with Gasteiger partial charge in [0, 0.05) is 6.54 Å². The fourth-order valence-corrected chi connectivity index (χ4v) is 2.69. The van der Waals surface area contributed by atoms with Crippen LogP contribution in [0.5, 0.6) is 5.75 Å². The molecule has 3 rings (SSSR count). The van der Waals surface area contributed by atoms with E-state index >= 15 is 0 Å². The number of anilines is 1. The summed E-state index contributed by atoms with van der Waals surface area (Å²) in [5.74, 6) is -0.408. The molecule has 0 atom stereocenters. The van der Waals surface area contributed by atoms with E-state index in [-0.39, 0.29) is 32.1 Å². The van der Waals surface area contributed by atoms with Crippen LogP contribution in [0.1, 0.15) is 22.3 Å². The fraction of sp³-hybridized carbons (Fsp3) is 0.250. The molecule has 140 valence electrons. The third-order valence-electron chi connectivity index (χ3n) is 4.12. The Labute approximate surface area is 156 Å². The molecule has 0 radical (unpaired) electrons. The van der Waals surface area contributed by atoms with Crippen molar-refractivity contribution in [1.82, 2.24) is 0 Å². The Morgan fingerprint density at radius 1 is 1.11 bits per heavy atom. The van der Waals surface area contributed by atoms with Crippen molar-refractivity contribution in [1.29, 1.82) is 0 Å². The quantitative estimate of drug-likeness (QED) is 0.727. The Kier molecular flexibility index (Phi) is 5.71. The largest absolute Gasteiger partial charge is 0.482 e. The van der Waals surface area contributed by atoms with Crippen molar-refractivity contribution in [2.75, 3.05) is 25.2 Å². The number of esters is 2. The number of methoxy groups -OCH3 is 1. The van der Waals surface area contributed by atoms with Gasteiger partial charge in [-0.05, 0) is 29.8 Å². The van der Waals surface area contributed by atoms with Crippen LogP contribution in [-0.4, -0.2) is 38.1 Å². The average Bonchev–Trinajstić information content (AvgIpc) is 2.71. The molecule has 0 N–H and O–H groups in total. The summed E-state index contributed by atoms with van der Waals surface area (Å²) in [7, 11) is 1.32. The van der Waals surface area contributed by atoms with E-state index < -0.39 is 11.9 Å². The van der Waals surface area contributed by atoms with Gasteiger partial charge in [0.05, 0.1) is 24.8 Å². The van der Waals surface area contributed by atoms with Gasteiger partial charge in [-0.25, -0.2) is 4.79 Å². The van der Waals surface area contributed by atoms with E-state index in [4.69, 9.17) is 9.47 Å². The summed E-state index contributed by atoms with van der Waals surface area (Å²) in [6.07, 6.45) is 0.0698. The summed E-state index contributed by atoms with van der Waals surface area (Å²) >= 11 is 0. The first-order valence-electron chi connectivity index (χ1n) is 8.43. The number of fused-ring (bicyclic) bond motifs is 1. The van der Waals surface area contributed by atoms with Crippen LogP contribution in [0, 0.1) is 0 Å². The van der Waals surface area contributed by atoms with Gasteiger partial charge in [0.2, 0.25) is 0 Å². The minimum Gasteiger partial charge on any atom is -0.482 e. The molecule has 0 aromatic heterocycles. The summed E-state index contributed by atoms with van der Waals surface area (Å²) in [5, 5.41) is 0. The smallest absolute Gasteiger partial charge is 0.337 e. The van der Waals surface area contributed by atoms with Gasteiger partial charge in [-0.3, -0.25) is 9.59 Å². The molecule has 7 nitrogen and oxygen atoms in total. The maximum Gasteiger partial charge on any atom is 0.337 e. The molecule has 1 aliphatic heterocycles. The molecule has 2 aromatic rings. The molecule has 7 heteroatoms. The molecule has 1 aliphatic rings. The van der Waals surface area contributed by atoms with Gasteiger partial charge in [-0.2, -0.15) is 0 Å². The predicted molar refractivity (Wildman–Crippen MR) is 96.5 cm³/mol. The predicted octanol–water partition coefficient (Wildman–Crippen LogP) is 2.33. The van der Waals surface area contributed by atoms with Crippen LogP contribution in [0.3, 0.4) is 0 Å². The summed E-state index contributed by atoms with van der Waals surface area (Å²) in [6.45, 7) is 0.270. The average molecular weight is 369 g/mol. The standard InChI is InChI=1S/C20H19NO6/c1-25-20(24)15-8-6-14(7-9-15)12-27-19(23)10-11-21-16-4-2-3-5-17(16)26-13-18(21)22/h2-9H,10-13H2,1H3. The number of rotatable bonds is 6. The number of ether oxygens (including phenoxy) is 3. The maximum absolute atomic E-state index is 12.1. The van der Waals surface area contributed by atoms with Crippen molar-refractivity contribution in [3.05, 3.63) is 59.7 Å². The van der Waals surface area contributed by atoms with Crippen LogP contribution in [0.15, 0.2) is 48.5 Å². The number of carbonyl (C=O) groups is 3. The number of hydrogen-bond acceptors (Lipinski definition) is 6. The summed E-state index contributed by atoms with van der Waals surface area (Å²) in [4.78, 5) is 37.0. The van der Waals surface area contributed by atoms with Gasteiger partial charge >= 0.3 is 11.9 Å². The number of hydrogen-bond donors (Lipinski definition) is 0. The number of benzene rings is 2. The Morgan fingerprint density at radius 3 is 2.59 bits per heavy atom. The third kappa shape index (κ3) is 4.44. The normalized spacial score (nSPS) is 12.8. The van der Waals surface area contributed by atoms with Gasteiger partial charge in [0.15, 0.2) is 6.61 Å². The lowest BCUT2D eigenvalue weighted by Crippen LogP contribution is -2.40. The third-order valence-corrected chi connectivity index (χ3v) is 4.12. The zero-order chi connectivity index (χ0) is 19.2. The van der Waals surface area contributed by atoms with E-state index in [1.54, 1.807) is 36.4 Å². The summed E-state index contributed by atoms with van der Waals surface area (Å²) in [6, 6.07) is 13.8. The van der Waals surface area contributed by atoms with Crippen LogP contribution in [0.25, 0.3) is 0 Å². The summed E-state index contributed by atoms with van der Waals surface area (Å²) < 4.78 is 15.2. The topological polar surface area (TPSA) is 82.1 Å². The molecule has 0 bridgehead atoms. The number of para-hydroxylation sites is 2. The van der Waals surface area contributed by atoms with Crippen LogP contribution < -0.4 is 9.64 Å². The number of amides is 1. The number of nitrogens with zero attached hydrogens (tertiary/aromatic N) is 1. The second kappa shape index (κ2) is 8.35. The Balaban J connectivity index is 1.51. The van der Waals surface area contributed by atoms with E-state index in [1.165, 1.54) is 12.0 Å². The molecule has 27 heavy (non-hydrogen) atoms. The highest BCUT2D eigenvalue weighted by Crippen LogP contribution is 2.31. The molecule has 0 aliphatic carbocycles. The van der Waals surface area contributed by atoms with Crippen molar-refractivity contribution in [2.45, 2.75) is 13.0 Å². The highest BCUT2D eigenvalue weighted by atomic mass is 16.5. The molecule has 1 amide bonds. The molecule has 0 unspecified atom stereocenters. The molecule has 0 fully saturated rings. The molecule has 0 spiro atoms. The van der Waals surface area contributed by atoms with Gasteiger partial charge in [0.25, 0.3) is 5.91 Å². The Hall–Kier alpha value is -3.35. The minimum atomic E-state index is -0.422. The lowest BCUT2D eigenvalue weighted by molar-refractivity contribution is -0.144. The van der Waals surface area contributed by atoms with Crippen molar-refractivity contribution in [3.63, 3.8) is 0 Å². The number of carbonyl (C=O) groups excluding carboxylic acids is 3. The molecular formula is C20H19NO6. The highest BCUT2D eigenvalue weighted by Gasteiger charge is 2.25.